The molecule has 2 atom stereocenters. The first kappa shape index (κ1) is 46.0. The highest BCUT2D eigenvalue weighted by molar-refractivity contribution is 7.89. The number of thiophene rings is 1. The number of rotatable bonds is 12. The largest absolute Gasteiger partial charge is 0.456 e. The van der Waals surface area contributed by atoms with Crippen LogP contribution in [0.25, 0.3) is 10.2 Å². The van der Waals surface area contributed by atoms with Gasteiger partial charge in [-0.05, 0) is 140 Å². The monoisotopic (exact) mass is 880 g/mol. The molecule has 60 heavy (non-hydrogen) atoms. The molecule has 1 saturated heterocycles. The number of benzene rings is 2. The Morgan fingerprint density at radius 2 is 1.62 bits per heavy atom. The maximum atomic E-state index is 14.4. The number of aromatic nitrogens is 1. The first-order valence-electron chi connectivity index (χ1n) is 21.0. The van der Waals surface area contributed by atoms with Gasteiger partial charge in [-0.15, -0.1) is 11.3 Å². The summed E-state index contributed by atoms with van der Waals surface area (Å²) in [4.78, 5) is 36.1. The zero-order chi connectivity index (χ0) is 44.2. The Bertz CT molecular complexity index is 2320. The summed E-state index contributed by atoms with van der Waals surface area (Å²) in [5, 5.41) is 0.371. The lowest BCUT2D eigenvalue weighted by Gasteiger charge is -2.35. The van der Waals surface area contributed by atoms with Crippen LogP contribution in [0, 0.1) is 11.3 Å². The summed E-state index contributed by atoms with van der Waals surface area (Å²) in [6, 6.07) is 12.7. The molecule has 2 aliphatic rings. The van der Waals surface area contributed by atoms with E-state index in [0.29, 0.717) is 28.2 Å². The number of carbonyl (C=O) groups excluding carboxylic acids is 2. The number of anilines is 1. The Morgan fingerprint density at radius 3 is 2.25 bits per heavy atom. The molecule has 2 aromatic carbocycles. The molecule has 1 amide bonds. The number of fused-ring (bicyclic) bond motifs is 2. The van der Waals surface area contributed by atoms with Crippen LogP contribution >= 0.6 is 22.7 Å². The van der Waals surface area contributed by atoms with Gasteiger partial charge in [-0.25, -0.2) is 23.0 Å². The number of sulfonamides is 1. The number of nitrogen functional groups attached to an aromatic ring is 1. The molecule has 2 N–H and O–H groups in total. The maximum Gasteiger partial charge on any atom is 0.412 e. The smallest absolute Gasteiger partial charge is 0.412 e. The quantitative estimate of drug-likeness (QED) is 0.138. The van der Waals surface area contributed by atoms with Crippen LogP contribution < -0.4 is 5.73 Å². The maximum absolute atomic E-state index is 14.4. The van der Waals surface area contributed by atoms with Crippen molar-refractivity contribution < 1.29 is 32.2 Å². The van der Waals surface area contributed by atoms with Gasteiger partial charge in [-0.3, -0.25) is 4.90 Å². The summed E-state index contributed by atoms with van der Waals surface area (Å²) < 4.78 is 49.6. The van der Waals surface area contributed by atoms with Crippen molar-refractivity contribution >= 4 is 60.1 Å². The molecule has 1 fully saturated rings. The third kappa shape index (κ3) is 10.7. The van der Waals surface area contributed by atoms with Crippen LogP contribution in [-0.2, 0) is 56.3 Å². The van der Waals surface area contributed by atoms with Gasteiger partial charge in [0.1, 0.15) is 16.9 Å². The molecule has 4 aromatic rings. The third-order valence-electron chi connectivity index (χ3n) is 10.9. The number of ether oxygens (including phenoxy) is 3. The first-order chi connectivity index (χ1) is 27.7. The van der Waals surface area contributed by atoms with E-state index in [9.17, 15) is 18.0 Å². The van der Waals surface area contributed by atoms with E-state index in [1.165, 1.54) is 20.5 Å². The average Bonchev–Trinajstić information content (AvgIpc) is 3.73. The molecule has 2 aromatic heterocycles. The second-order valence-corrected chi connectivity index (χ2v) is 24.3. The molecule has 3 heterocycles. The molecule has 11 nitrogen and oxygen atoms in total. The van der Waals surface area contributed by atoms with E-state index >= 15 is 0 Å². The summed E-state index contributed by atoms with van der Waals surface area (Å²) >= 11 is 3.00. The molecular formula is C46H64N4O7S3. The van der Waals surface area contributed by atoms with E-state index in [4.69, 9.17) is 19.9 Å². The van der Waals surface area contributed by atoms with E-state index in [0.717, 1.165) is 52.8 Å². The van der Waals surface area contributed by atoms with Crippen molar-refractivity contribution in [3.8, 4) is 0 Å². The summed E-state index contributed by atoms with van der Waals surface area (Å²) in [5.41, 5.74) is 8.29. The third-order valence-corrected chi connectivity index (χ3v) is 14.9. The van der Waals surface area contributed by atoms with E-state index in [2.05, 4.69) is 43.1 Å². The Morgan fingerprint density at radius 1 is 0.967 bits per heavy atom. The number of aryl methyl sites for hydroxylation is 3. The summed E-state index contributed by atoms with van der Waals surface area (Å²) in [6.07, 6.45) is 3.60. The standard InChI is InChI=1S/C46H64N4O7S3/c1-28(2)26-49(60(53,54)31-18-19-33-38(24-31)59-41(47)48-33)27-35-34(50(46(11,12)55-35)42(52)57-44(6,7)8)23-30-15-13-29(14-16-30)17-20-37-39(40(51)56-43(3,4)5)32-25-45(9,10)22-21-36(32)58-37/h13-16,18-19,24,28,34-35H,17,20-23,25-27H2,1-12H3,(H2,47,48)/t34-,35+/m0/s1. The number of nitrogens with zero attached hydrogens (tertiary/aromatic N) is 3. The van der Waals surface area contributed by atoms with Crippen molar-refractivity contribution in [2.75, 3.05) is 18.8 Å². The van der Waals surface area contributed by atoms with Gasteiger partial charge in [0.15, 0.2) is 5.13 Å². The van der Waals surface area contributed by atoms with E-state index in [-0.39, 0.29) is 35.3 Å². The van der Waals surface area contributed by atoms with Gasteiger partial charge in [-0.1, -0.05) is 63.3 Å². The fraction of sp³-hybridized carbons (Fsp3) is 0.587. The highest BCUT2D eigenvalue weighted by Crippen LogP contribution is 2.43. The summed E-state index contributed by atoms with van der Waals surface area (Å²) in [6.45, 7) is 23.6. The molecule has 328 valence electrons. The first-order valence-corrected chi connectivity index (χ1v) is 24.1. The molecular weight excluding hydrogens is 817 g/mol. The lowest BCUT2D eigenvalue weighted by molar-refractivity contribution is -0.0807. The molecule has 0 unspecified atom stereocenters. The highest BCUT2D eigenvalue weighted by atomic mass is 32.2. The van der Waals surface area contributed by atoms with Gasteiger partial charge in [0.2, 0.25) is 10.0 Å². The fourth-order valence-electron chi connectivity index (χ4n) is 8.29. The second-order valence-electron chi connectivity index (χ2n) is 20.1. The van der Waals surface area contributed by atoms with Crippen molar-refractivity contribution in [1.29, 1.82) is 0 Å². The van der Waals surface area contributed by atoms with Crippen LogP contribution in [0.3, 0.4) is 0 Å². The number of hydrogen-bond acceptors (Lipinski definition) is 11. The number of carbonyl (C=O) groups is 2. The minimum absolute atomic E-state index is 0.0108. The summed E-state index contributed by atoms with van der Waals surface area (Å²) in [7, 11) is -4.00. The van der Waals surface area contributed by atoms with Crippen LogP contribution in [0.2, 0.25) is 0 Å². The van der Waals surface area contributed by atoms with E-state index < -0.39 is 45.2 Å². The van der Waals surface area contributed by atoms with Crippen LogP contribution in [0.5, 0.6) is 0 Å². The van der Waals surface area contributed by atoms with Crippen LogP contribution in [0.1, 0.15) is 126 Å². The number of amides is 1. The number of thiazole rings is 1. The predicted octanol–water partition coefficient (Wildman–Crippen LogP) is 9.83. The van der Waals surface area contributed by atoms with Gasteiger partial charge < -0.3 is 19.9 Å². The van der Waals surface area contributed by atoms with Crippen molar-refractivity contribution in [2.24, 2.45) is 11.3 Å². The Kier molecular flexibility index (Phi) is 13.0. The van der Waals surface area contributed by atoms with E-state index in [1.54, 1.807) is 34.4 Å². The number of nitrogens with two attached hydrogens (primary N) is 1. The van der Waals surface area contributed by atoms with Crippen molar-refractivity contribution in [3.63, 3.8) is 0 Å². The van der Waals surface area contributed by atoms with Crippen molar-refractivity contribution in [1.82, 2.24) is 14.2 Å². The van der Waals surface area contributed by atoms with Crippen LogP contribution in [0.15, 0.2) is 47.4 Å². The predicted molar refractivity (Wildman–Crippen MR) is 241 cm³/mol. The minimum atomic E-state index is -4.00. The zero-order valence-electron chi connectivity index (χ0n) is 37.4. The molecule has 0 radical (unpaired) electrons. The van der Waals surface area contributed by atoms with E-state index in [1.807, 2.05) is 69.2 Å². The average molecular weight is 881 g/mol. The summed E-state index contributed by atoms with van der Waals surface area (Å²) in [5.74, 6) is -0.226. The topological polar surface area (TPSA) is 141 Å². The lowest BCUT2D eigenvalue weighted by Crippen LogP contribution is -2.52. The van der Waals surface area contributed by atoms with Gasteiger partial charge in [-0.2, -0.15) is 4.31 Å². The van der Waals surface area contributed by atoms with Gasteiger partial charge in [0.05, 0.1) is 32.8 Å². The highest BCUT2D eigenvalue weighted by Gasteiger charge is 2.52. The van der Waals surface area contributed by atoms with Gasteiger partial charge >= 0.3 is 12.1 Å². The van der Waals surface area contributed by atoms with Crippen LogP contribution in [-0.4, -0.2) is 76.8 Å². The molecule has 0 bridgehead atoms. The Hall–Kier alpha value is -3.56. The molecule has 1 aliphatic heterocycles. The minimum Gasteiger partial charge on any atom is -0.456 e. The van der Waals surface area contributed by atoms with Gasteiger partial charge in [0.25, 0.3) is 0 Å². The second kappa shape index (κ2) is 17.0. The molecule has 1 aliphatic carbocycles. The Labute approximate surface area is 365 Å². The molecule has 0 spiro atoms. The van der Waals surface area contributed by atoms with Crippen molar-refractivity contribution in [3.05, 3.63) is 74.5 Å². The molecule has 14 heteroatoms. The van der Waals surface area contributed by atoms with Crippen LogP contribution in [0.4, 0.5) is 9.93 Å². The zero-order valence-corrected chi connectivity index (χ0v) is 39.9. The fourth-order valence-corrected chi connectivity index (χ4v) is 12.1. The molecule has 6 rings (SSSR count). The van der Waals surface area contributed by atoms with Gasteiger partial charge in [0, 0.05) is 22.8 Å². The normalized spacial score (nSPS) is 19.3. The lowest BCUT2D eigenvalue weighted by atomic mass is 9.76. The SMILES string of the molecule is CC(C)CN(C[C@H]1OC(C)(C)N(C(=O)OC(C)(C)C)[C@H]1Cc1ccc(CCc2sc3c(c2C(=O)OC(C)(C)C)CC(C)(C)CC3)cc1)S(=O)(=O)c1ccc2nc(N)sc2c1. The Balaban J connectivity index is 1.27. The number of hydrogen-bond donors (Lipinski definition) is 1. The number of esters is 1. The van der Waals surface area contributed by atoms with Crippen molar-refractivity contribution in [2.45, 2.75) is 156 Å². The molecule has 0 saturated carbocycles.